The van der Waals surface area contributed by atoms with E-state index in [1.54, 1.807) is 0 Å². The van der Waals surface area contributed by atoms with Crippen LogP contribution in [0.2, 0.25) is 0 Å². The van der Waals surface area contributed by atoms with Gasteiger partial charge < -0.3 is 15.6 Å². The molecular formula is C14H21N3O. The maximum Gasteiger partial charge on any atom is 0.177 e. The fourth-order valence-corrected chi connectivity index (χ4v) is 2.15. The van der Waals surface area contributed by atoms with Gasteiger partial charge in [0.1, 0.15) is 0 Å². The fourth-order valence-electron chi connectivity index (χ4n) is 2.15. The van der Waals surface area contributed by atoms with Crippen molar-refractivity contribution < 1.29 is 4.52 Å². The highest BCUT2D eigenvalue weighted by Gasteiger charge is 2.24. The number of hydrogen-bond donors (Lipinski definition) is 2. The summed E-state index contributed by atoms with van der Waals surface area (Å²) in [5.74, 6) is 0.810. The normalized spacial score (nSPS) is 11.9. The van der Waals surface area contributed by atoms with Gasteiger partial charge in [-0.1, -0.05) is 31.1 Å². The lowest BCUT2D eigenvalue weighted by Crippen LogP contribution is -2.36. The van der Waals surface area contributed by atoms with E-state index >= 15 is 0 Å². The minimum Gasteiger partial charge on any atom is -0.366 e. The van der Waals surface area contributed by atoms with Crippen LogP contribution in [0.3, 0.4) is 0 Å². The molecule has 0 fully saturated rings. The van der Waals surface area contributed by atoms with Crippen LogP contribution in [0, 0.1) is 5.41 Å². The highest BCUT2D eigenvalue weighted by molar-refractivity contribution is 5.87. The molecule has 0 aliphatic carbocycles. The number of nitrogens with zero attached hydrogens (tertiary/aromatic N) is 1. The SMILES string of the molecule is CCC(CC)(CN)CNc1noc2ccccc12. The fraction of sp³-hybridized carbons (Fsp3) is 0.500. The molecule has 0 saturated heterocycles. The molecule has 1 aromatic carbocycles. The smallest absolute Gasteiger partial charge is 0.177 e. The second-order valence-corrected chi connectivity index (χ2v) is 4.79. The Balaban J connectivity index is 2.14. The quantitative estimate of drug-likeness (QED) is 0.823. The molecule has 0 aliphatic heterocycles. The lowest BCUT2D eigenvalue weighted by Gasteiger charge is -2.30. The van der Waals surface area contributed by atoms with Gasteiger partial charge in [0.25, 0.3) is 0 Å². The number of nitrogens with two attached hydrogens (primary N) is 1. The van der Waals surface area contributed by atoms with Crippen LogP contribution in [0.1, 0.15) is 26.7 Å². The van der Waals surface area contributed by atoms with E-state index in [9.17, 15) is 0 Å². The predicted octanol–water partition coefficient (Wildman–Crippen LogP) is 3.00. The molecule has 0 amide bonds. The van der Waals surface area contributed by atoms with Gasteiger partial charge in [0, 0.05) is 6.54 Å². The summed E-state index contributed by atoms with van der Waals surface area (Å²) in [6.07, 6.45) is 2.12. The van der Waals surface area contributed by atoms with Crippen molar-refractivity contribution in [3.8, 4) is 0 Å². The Labute approximate surface area is 108 Å². The lowest BCUT2D eigenvalue weighted by atomic mass is 9.82. The monoisotopic (exact) mass is 247 g/mol. The zero-order chi connectivity index (χ0) is 13.0. The van der Waals surface area contributed by atoms with Gasteiger partial charge in [0.15, 0.2) is 11.4 Å². The van der Waals surface area contributed by atoms with Gasteiger partial charge in [-0.05, 0) is 36.9 Å². The van der Waals surface area contributed by atoms with E-state index in [4.69, 9.17) is 10.3 Å². The molecule has 18 heavy (non-hydrogen) atoms. The second kappa shape index (κ2) is 5.40. The highest BCUT2D eigenvalue weighted by Crippen LogP contribution is 2.27. The Morgan fingerprint density at radius 2 is 2.00 bits per heavy atom. The van der Waals surface area contributed by atoms with E-state index in [0.717, 1.165) is 36.2 Å². The van der Waals surface area contributed by atoms with Crippen LogP contribution >= 0.6 is 0 Å². The van der Waals surface area contributed by atoms with E-state index in [1.165, 1.54) is 0 Å². The number of fused-ring (bicyclic) bond motifs is 1. The van der Waals surface area contributed by atoms with Crippen LogP contribution < -0.4 is 11.1 Å². The first-order valence-corrected chi connectivity index (χ1v) is 6.53. The number of anilines is 1. The Morgan fingerprint density at radius 1 is 1.28 bits per heavy atom. The Hall–Kier alpha value is -1.55. The number of benzene rings is 1. The molecule has 2 rings (SSSR count). The maximum absolute atomic E-state index is 5.90. The number of aromatic nitrogens is 1. The molecule has 0 unspecified atom stereocenters. The lowest BCUT2D eigenvalue weighted by molar-refractivity contribution is 0.294. The topological polar surface area (TPSA) is 64.1 Å². The minimum atomic E-state index is 0.139. The van der Waals surface area contributed by atoms with E-state index in [-0.39, 0.29) is 5.41 Å². The van der Waals surface area contributed by atoms with Crippen LogP contribution in [0.4, 0.5) is 5.82 Å². The van der Waals surface area contributed by atoms with Gasteiger partial charge in [0.05, 0.1) is 5.39 Å². The van der Waals surface area contributed by atoms with Crippen molar-refractivity contribution in [3.05, 3.63) is 24.3 Å². The molecule has 0 aliphatic rings. The molecule has 1 heterocycles. The summed E-state index contributed by atoms with van der Waals surface area (Å²) in [7, 11) is 0. The molecule has 2 aromatic rings. The number of rotatable bonds is 6. The summed E-state index contributed by atoms with van der Waals surface area (Å²) >= 11 is 0. The second-order valence-electron chi connectivity index (χ2n) is 4.79. The van der Waals surface area contributed by atoms with Gasteiger partial charge in [-0.2, -0.15) is 0 Å². The molecule has 1 aromatic heterocycles. The van der Waals surface area contributed by atoms with Crippen LogP contribution in [-0.4, -0.2) is 18.2 Å². The zero-order valence-corrected chi connectivity index (χ0v) is 11.1. The van der Waals surface area contributed by atoms with Gasteiger partial charge in [-0.15, -0.1) is 0 Å². The average molecular weight is 247 g/mol. The van der Waals surface area contributed by atoms with Gasteiger partial charge in [-0.3, -0.25) is 0 Å². The van der Waals surface area contributed by atoms with E-state index < -0.39 is 0 Å². The number of hydrogen-bond acceptors (Lipinski definition) is 4. The first-order chi connectivity index (χ1) is 8.74. The van der Waals surface area contributed by atoms with Crippen molar-refractivity contribution >= 4 is 16.8 Å². The van der Waals surface area contributed by atoms with Crippen molar-refractivity contribution in [1.29, 1.82) is 0 Å². The van der Waals surface area contributed by atoms with Crippen LogP contribution in [0.25, 0.3) is 11.0 Å². The van der Waals surface area contributed by atoms with Crippen LogP contribution in [-0.2, 0) is 0 Å². The zero-order valence-electron chi connectivity index (χ0n) is 11.1. The maximum atomic E-state index is 5.90. The van der Waals surface area contributed by atoms with Crippen molar-refractivity contribution in [1.82, 2.24) is 5.16 Å². The third-order valence-corrected chi connectivity index (χ3v) is 3.94. The summed E-state index contributed by atoms with van der Waals surface area (Å²) in [6, 6.07) is 7.86. The van der Waals surface area contributed by atoms with Gasteiger partial charge in [0.2, 0.25) is 0 Å². The Morgan fingerprint density at radius 3 is 2.67 bits per heavy atom. The van der Waals surface area contributed by atoms with Crippen molar-refractivity contribution in [2.24, 2.45) is 11.1 Å². The molecule has 0 saturated carbocycles. The summed E-state index contributed by atoms with van der Waals surface area (Å²) in [5, 5.41) is 8.47. The van der Waals surface area contributed by atoms with E-state index in [0.29, 0.717) is 6.54 Å². The molecule has 0 bridgehead atoms. The molecule has 4 heteroatoms. The minimum absolute atomic E-state index is 0.139. The van der Waals surface area contributed by atoms with Crippen LogP contribution in [0.5, 0.6) is 0 Å². The molecular weight excluding hydrogens is 226 g/mol. The van der Waals surface area contributed by atoms with E-state index in [2.05, 4.69) is 24.3 Å². The molecule has 0 radical (unpaired) electrons. The van der Waals surface area contributed by atoms with Gasteiger partial charge in [-0.25, -0.2) is 0 Å². The summed E-state index contributed by atoms with van der Waals surface area (Å²) in [5.41, 5.74) is 6.85. The largest absolute Gasteiger partial charge is 0.366 e. The van der Waals surface area contributed by atoms with Crippen molar-refractivity contribution in [2.75, 3.05) is 18.4 Å². The third-order valence-electron chi connectivity index (χ3n) is 3.94. The summed E-state index contributed by atoms with van der Waals surface area (Å²) in [4.78, 5) is 0. The average Bonchev–Trinajstić information content (AvgIpc) is 2.85. The van der Waals surface area contributed by atoms with Gasteiger partial charge >= 0.3 is 0 Å². The highest BCUT2D eigenvalue weighted by atomic mass is 16.5. The number of nitrogens with one attached hydrogen (secondary N) is 1. The summed E-state index contributed by atoms with van der Waals surface area (Å²) in [6.45, 7) is 5.87. The van der Waals surface area contributed by atoms with Crippen molar-refractivity contribution in [3.63, 3.8) is 0 Å². The molecule has 4 nitrogen and oxygen atoms in total. The first kappa shape index (κ1) is 12.9. The Kier molecular flexibility index (Phi) is 3.87. The molecule has 0 spiro atoms. The molecule has 98 valence electrons. The summed E-state index contributed by atoms with van der Waals surface area (Å²) < 4.78 is 5.27. The van der Waals surface area contributed by atoms with Crippen LogP contribution in [0.15, 0.2) is 28.8 Å². The first-order valence-electron chi connectivity index (χ1n) is 6.53. The standard InChI is InChI=1S/C14H21N3O/c1-3-14(4-2,9-15)10-16-13-11-7-5-6-8-12(11)18-17-13/h5-8H,3-4,9-10,15H2,1-2H3,(H,16,17). The predicted molar refractivity (Wildman–Crippen MR) is 74.6 cm³/mol. The van der Waals surface area contributed by atoms with E-state index in [1.807, 2.05) is 24.3 Å². The molecule has 3 N–H and O–H groups in total. The Bertz CT molecular complexity index is 494. The molecule has 0 atom stereocenters. The number of para-hydroxylation sites is 1. The third kappa shape index (κ3) is 2.34. The van der Waals surface area contributed by atoms with Crippen molar-refractivity contribution in [2.45, 2.75) is 26.7 Å².